The van der Waals surface area contributed by atoms with E-state index in [1.165, 1.54) is 5.57 Å². The smallest absolute Gasteiger partial charge is 0.118 e. The maximum atomic E-state index is 4.21. The minimum atomic E-state index is 1.07. The lowest BCUT2D eigenvalue weighted by atomic mass is 10.2. The molecule has 10 heavy (non-hydrogen) atoms. The number of nitrogens with zero attached hydrogens (tertiary/aromatic N) is 1. The first-order valence-corrected chi connectivity index (χ1v) is 4.31. The van der Waals surface area contributed by atoms with Crippen LogP contribution >= 0.6 is 11.3 Å². The Hall–Kier alpha value is -0.630. The van der Waals surface area contributed by atoms with Gasteiger partial charge in [0.25, 0.3) is 0 Å². The summed E-state index contributed by atoms with van der Waals surface area (Å²) in [5.74, 6) is 0. The standard InChI is InChI=1S/C8H11NS/c1-3-7(4-2)8-9-5-6-10-8/h3,5-6H,4H2,1-2H3/b7-3+. The quantitative estimate of drug-likeness (QED) is 0.636. The molecule has 0 aromatic carbocycles. The number of thiazole rings is 1. The van der Waals surface area contributed by atoms with Gasteiger partial charge in [0.1, 0.15) is 5.01 Å². The van der Waals surface area contributed by atoms with Crippen LogP contribution in [0.4, 0.5) is 0 Å². The van der Waals surface area contributed by atoms with E-state index in [0.29, 0.717) is 0 Å². The van der Waals surface area contributed by atoms with Crippen molar-refractivity contribution in [3.63, 3.8) is 0 Å². The van der Waals surface area contributed by atoms with Gasteiger partial charge in [0.2, 0.25) is 0 Å². The third kappa shape index (κ3) is 1.45. The minimum Gasteiger partial charge on any atom is -0.245 e. The molecule has 1 aromatic rings. The molecule has 2 heteroatoms. The number of aromatic nitrogens is 1. The molecule has 1 nitrogen and oxygen atoms in total. The zero-order chi connectivity index (χ0) is 7.40. The lowest BCUT2D eigenvalue weighted by Crippen LogP contribution is -1.77. The summed E-state index contributed by atoms with van der Waals surface area (Å²) in [6.07, 6.45) is 5.04. The molecular weight excluding hydrogens is 142 g/mol. The molecule has 0 saturated carbocycles. The van der Waals surface area contributed by atoms with Gasteiger partial charge in [0.05, 0.1) is 0 Å². The van der Waals surface area contributed by atoms with E-state index >= 15 is 0 Å². The zero-order valence-electron chi connectivity index (χ0n) is 6.29. The van der Waals surface area contributed by atoms with E-state index < -0.39 is 0 Å². The predicted molar refractivity (Wildman–Crippen MR) is 46.1 cm³/mol. The fourth-order valence-corrected chi connectivity index (χ4v) is 1.65. The Morgan fingerprint density at radius 2 is 2.60 bits per heavy atom. The average Bonchev–Trinajstić information content (AvgIpc) is 2.43. The lowest BCUT2D eigenvalue weighted by Gasteiger charge is -1.95. The summed E-state index contributed by atoms with van der Waals surface area (Å²) in [5.41, 5.74) is 1.34. The molecular formula is C8H11NS. The van der Waals surface area contributed by atoms with Crippen molar-refractivity contribution in [2.45, 2.75) is 20.3 Å². The summed E-state index contributed by atoms with van der Waals surface area (Å²) in [6, 6.07) is 0. The van der Waals surface area contributed by atoms with E-state index in [1.807, 2.05) is 11.6 Å². The van der Waals surface area contributed by atoms with Gasteiger partial charge in [0.15, 0.2) is 0 Å². The van der Waals surface area contributed by atoms with Gasteiger partial charge in [-0.2, -0.15) is 0 Å². The first kappa shape index (κ1) is 7.48. The van der Waals surface area contributed by atoms with Crippen LogP contribution in [0.15, 0.2) is 17.7 Å². The monoisotopic (exact) mass is 153 g/mol. The van der Waals surface area contributed by atoms with Crippen molar-refractivity contribution in [3.05, 3.63) is 22.7 Å². The highest BCUT2D eigenvalue weighted by Gasteiger charge is 1.98. The van der Waals surface area contributed by atoms with Crippen LogP contribution in [-0.4, -0.2) is 4.98 Å². The van der Waals surface area contributed by atoms with Crippen LogP contribution in [0.25, 0.3) is 5.57 Å². The summed E-state index contributed by atoms with van der Waals surface area (Å²) in [7, 11) is 0. The largest absolute Gasteiger partial charge is 0.245 e. The zero-order valence-corrected chi connectivity index (χ0v) is 7.11. The Labute approximate surface area is 65.4 Å². The Morgan fingerprint density at radius 3 is 3.00 bits per heavy atom. The SMILES string of the molecule is C/C=C(\CC)c1nccs1. The summed E-state index contributed by atoms with van der Waals surface area (Å²) in [6.45, 7) is 4.21. The molecule has 0 amide bonds. The van der Waals surface area contributed by atoms with E-state index in [0.717, 1.165) is 11.4 Å². The summed E-state index contributed by atoms with van der Waals surface area (Å²) in [5, 5.41) is 3.17. The van der Waals surface area contributed by atoms with Crippen LogP contribution < -0.4 is 0 Å². The van der Waals surface area contributed by atoms with Gasteiger partial charge in [-0.25, -0.2) is 4.98 Å². The fourth-order valence-electron chi connectivity index (χ4n) is 0.861. The molecule has 0 aliphatic heterocycles. The molecule has 0 N–H and O–H groups in total. The molecule has 0 bridgehead atoms. The van der Waals surface area contributed by atoms with Crippen molar-refractivity contribution < 1.29 is 0 Å². The molecule has 0 saturated heterocycles. The molecule has 0 aliphatic rings. The maximum absolute atomic E-state index is 4.21. The Morgan fingerprint density at radius 1 is 1.80 bits per heavy atom. The summed E-state index contributed by atoms with van der Waals surface area (Å²) in [4.78, 5) is 4.21. The van der Waals surface area contributed by atoms with Crippen molar-refractivity contribution in [1.29, 1.82) is 0 Å². The van der Waals surface area contributed by atoms with Crippen molar-refractivity contribution in [2.75, 3.05) is 0 Å². The molecule has 0 aliphatic carbocycles. The maximum Gasteiger partial charge on any atom is 0.118 e. The van der Waals surface area contributed by atoms with Gasteiger partial charge in [-0.3, -0.25) is 0 Å². The molecule has 0 radical (unpaired) electrons. The molecule has 0 atom stereocenters. The van der Waals surface area contributed by atoms with Crippen LogP contribution in [0.1, 0.15) is 25.3 Å². The normalized spacial score (nSPS) is 12.0. The first-order valence-electron chi connectivity index (χ1n) is 3.43. The Balaban J connectivity index is 2.85. The molecule has 1 aromatic heterocycles. The highest BCUT2D eigenvalue weighted by molar-refractivity contribution is 7.10. The summed E-state index contributed by atoms with van der Waals surface area (Å²) < 4.78 is 0. The second kappa shape index (κ2) is 3.52. The number of rotatable bonds is 2. The van der Waals surface area contributed by atoms with Gasteiger partial charge in [-0.05, 0) is 18.9 Å². The molecule has 0 unspecified atom stereocenters. The Bertz CT molecular complexity index is 211. The number of hydrogen-bond donors (Lipinski definition) is 0. The second-order valence-electron chi connectivity index (χ2n) is 2.00. The van der Waals surface area contributed by atoms with E-state index in [2.05, 4.69) is 24.9 Å². The van der Waals surface area contributed by atoms with Gasteiger partial charge in [-0.1, -0.05) is 13.0 Å². The second-order valence-corrected chi connectivity index (χ2v) is 2.90. The van der Waals surface area contributed by atoms with Gasteiger partial charge < -0.3 is 0 Å². The lowest BCUT2D eigenvalue weighted by molar-refractivity contribution is 1.21. The van der Waals surface area contributed by atoms with Crippen LogP contribution in [0.5, 0.6) is 0 Å². The number of allylic oxidation sites excluding steroid dienone is 2. The van der Waals surface area contributed by atoms with Gasteiger partial charge >= 0.3 is 0 Å². The predicted octanol–water partition coefficient (Wildman–Crippen LogP) is 2.96. The van der Waals surface area contributed by atoms with Crippen LogP contribution in [0, 0.1) is 0 Å². The van der Waals surface area contributed by atoms with E-state index in [-0.39, 0.29) is 0 Å². The molecule has 1 heterocycles. The van der Waals surface area contributed by atoms with E-state index in [4.69, 9.17) is 0 Å². The van der Waals surface area contributed by atoms with Crippen molar-refractivity contribution in [2.24, 2.45) is 0 Å². The van der Waals surface area contributed by atoms with Gasteiger partial charge in [-0.15, -0.1) is 11.3 Å². The van der Waals surface area contributed by atoms with Crippen molar-refractivity contribution >= 4 is 16.9 Å². The fraction of sp³-hybridized carbons (Fsp3) is 0.375. The highest BCUT2D eigenvalue weighted by atomic mass is 32.1. The topological polar surface area (TPSA) is 12.9 Å². The third-order valence-corrected chi connectivity index (χ3v) is 2.29. The van der Waals surface area contributed by atoms with Crippen LogP contribution in [0.2, 0.25) is 0 Å². The van der Waals surface area contributed by atoms with Crippen LogP contribution in [0.3, 0.4) is 0 Å². The van der Waals surface area contributed by atoms with Crippen molar-refractivity contribution in [3.8, 4) is 0 Å². The molecule has 0 fully saturated rings. The first-order chi connectivity index (χ1) is 4.88. The molecule has 1 rings (SSSR count). The molecule has 54 valence electrons. The summed E-state index contributed by atoms with van der Waals surface area (Å²) >= 11 is 1.70. The molecule has 0 spiro atoms. The Kier molecular flexibility index (Phi) is 2.63. The van der Waals surface area contributed by atoms with E-state index in [9.17, 15) is 0 Å². The van der Waals surface area contributed by atoms with Crippen molar-refractivity contribution in [1.82, 2.24) is 4.98 Å². The van der Waals surface area contributed by atoms with Crippen LogP contribution in [-0.2, 0) is 0 Å². The van der Waals surface area contributed by atoms with Gasteiger partial charge in [0, 0.05) is 11.6 Å². The van der Waals surface area contributed by atoms with E-state index in [1.54, 1.807) is 11.3 Å². The number of hydrogen-bond acceptors (Lipinski definition) is 2. The average molecular weight is 153 g/mol. The third-order valence-electron chi connectivity index (χ3n) is 1.44. The highest BCUT2D eigenvalue weighted by Crippen LogP contribution is 2.19. The minimum absolute atomic E-state index is 1.07.